The lowest BCUT2D eigenvalue weighted by molar-refractivity contribution is -0.144. The van der Waals surface area contributed by atoms with E-state index < -0.39 is 35.2 Å². The summed E-state index contributed by atoms with van der Waals surface area (Å²) in [5, 5.41) is 9.27. The zero-order valence-electron chi connectivity index (χ0n) is 25.6. The average molecular weight is 640 g/mol. The van der Waals surface area contributed by atoms with Crippen molar-refractivity contribution in [3.8, 4) is 16.9 Å². The van der Waals surface area contributed by atoms with Crippen LogP contribution in [0.25, 0.3) is 11.1 Å². The number of aromatic carboxylic acids is 1. The molecule has 11 heteroatoms. The summed E-state index contributed by atoms with van der Waals surface area (Å²) in [6, 6.07) is 16.7. The molecular formula is C35H37F4N3O4. The molecule has 3 aromatic rings. The average Bonchev–Trinajstić information content (AvgIpc) is 3.73. The van der Waals surface area contributed by atoms with Gasteiger partial charge in [-0.3, -0.25) is 9.69 Å². The fourth-order valence-corrected chi connectivity index (χ4v) is 7.24. The third-order valence-corrected chi connectivity index (χ3v) is 9.79. The van der Waals surface area contributed by atoms with E-state index >= 15 is 4.39 Å². The summed E-state index contributed by atoms with van der Waals surface area (Å²) in [7, 11) is 1.57. The number of methoxy groups -OCH3 is 1. The predicted octanol–water partition coefficient (Wildman–Crippen LogP) is 6.48. The minimum atomic E-state index is -4.57. The molecule has 3 fully saturated rings. The molecule has 0 unspecified atom stereocenters. The Balaban J connectivity index is 1.23. The molecule has 7 nitrogen and oxygen atoms in total. The van der Waals surface area contributed by atoms with E-state index in [1.165, 1.54) is 30.3 Å². The van der Waals surface area contributed by atoms with Gasteiger partial charge in [0.1, 0.15) is 5.75 Å². The number of piperazine rings is 1. The van der Waals surface area contributed by atoms with E-state index in [9.17, 15) is 27.9 Å². The Kier molecular flexibility index (Phi) is 8.71. The second-order valence-electron chi connectivity index (χ2n) is 12.4. The molecule has 2 aliphatic heterocycles. The standard InChI is InChI=1S/C35H37F4N3O4/c1-46-28-13-10-24(11-14-28)30-21-42(27-4-2-3-5-27)22-34(30,36)33(45)41-18-16-40(17-19-41)31-15-12-26(35(37,38)39)20-29(31)23-6-8-25(9-7-23)32(43)44/h6-15,20,27,30H,2-5,16-19,21-22H2,1H3,(H,43,44)/t30-,34-/m0/s1. The van der Waals surface area contributed by atoms with Crippen LogP contribution in [0, 0.1) is 0 Å². The second kappa shape index (κ2) is 12.6. The summed E-state index contributed by atoms with van der Waals surface area (Å²) >= 11 is 0. The fraction of sp³-hybridized carbons (Fsp3) is 0.429. The van der Waals surface area contributed by atoms with Gasteiger partial charge in [-0.15, -0.1) is 0 Å². The number of hydrogen-bond donors (Lipinski definition) is 1. The molecule has 1 amide bonds. The van der Waals surface area contributed by atoms with Crippen LogP contribution in [0.2, 0.25) is 0 Å². The van der Waals surface area contributed by atoms with Crippen LogP contribution in [-0.2, 0) is 11.0 Å². The highest BCUT2D eigenvalue weighted by atomic mass is 19.4. The number of ether oxygens (including phenoxy) is 1. The number of halogens is 4. The number of benzene rings is 3. The SMILES string of the molecule is COc1ccc([C@@H]2CN(C3CCCC3)C[C@@]2(F)C(=O)N2CCN(c3ccc(C(F)(F)F)cc3-c3ccc(C(=O)O)cc3)CC2)cc1. The molecule has 1 aliphatic carbocycles. The Morgan fingerprint density at radius 1 is 0.913 bits per heavy atom. The topological polar surface area (TPSA) is 73.3 Å². The Hall–Kier alpha value is -4.12. The number of amides is 1. The van der Waals surface area contributed by atoms with Crippen molar-refractivity contribution < 1.29 is 37.0 Å². The molecule has 0 spiro atoms. The van der Waals surface area contributed by atoms with Crippen molar-refractivity contribution in [1.29, 1.82) is 0 Å². The van der Waals surface area contributed by atoms with Gasteiger partial charge in [-0.1, -0.05) is 37.1 Å². The quantitative estimate of drug-likeness (QED) is 0.299. The van der Waals surface area contributed by atoms with Gasteiger partial charge in [0, 0.05) is 62.5 Å². The largest absolute Gasteiger partial charge is 0.497 e. The summed E-state index contributed by atoms with van der Waals surface area (Å²) in [5.74, 6) is -1.67. The minimum absolute atomic E-state index is 0.0240. The Morgan fingerprint density at radius 3 is 2.15 bits per heavy atom. The van der Waals surface area contributed by atoms with Gasteiger partial charge in [0.15, 0.2) is 0 Å². The van der Waals surface area contributed by atoms with E-state index in [1.54, 1.807) is 24.1 Å². The summed E-state index contributed by atoms with van der Waals surface area (Å²) in [4.78, 5) is 31.0. The number of hydrogen-bond acceptors (Lipinski definition) is 5. The molecule has 2 saturated heterocycles. The minimum Gasteiger partial charge on any atom is -0.497 e. The van der Waals surface area contributed by atoms with E-state index in [4.69, 9.17) is 4.74 Å². The second-order valence-corrected chi connectivity index (χ2v) is 12.4. The highest BCUT2D eigenvalue weighted by molar-refractivity contribution is 5.90. The number of anilines is 1. The van der Waals surface area contributed by atoms with E-state index in [2.05, 4.69) is 4.90 Å². The lowest BCUT2D eigenvalue weighted by Crippen LogP contribution is -2.56. The van der Waals surface area contributed by atoms with E-state index in [-0.39, 0.29) is 31.2 Å². The first kappa shape index (κ1) is 31.8. The van der Waals surface area contributed by atoms with Crippen molar-refractivity contribution in [3.63, 3.8) is 0 Å². The van der Waals surface area contributed by atoms with Gasteiger partial charge in [-0.25, -0.2) is 9.18 Å². The molecule has 2 heterocycles. The van der Waals surface area contributed by atoms with Crippen LogP contribution in [0.1, 0.15) is 53.1 Å². The highest BCUT2D eigenvalue weighted by Crippen LogP contribution is 2.44. The molecule has 1 saturated carbocycles. The number of carboxylic acid groups (broad SMARTS) is 1. The molecule has 3 aliphatic rings. The number of carbonyl (C=O) groups excluding carboxylic acids is 1. The maximum absolute atomic E-state index is 17.3. The van der Waals surface area contributed by atoms with Gasteiger partial charge < -0.3 is 19.6 Å². The molecule has 0 radical (unpaired) electrons. The third kappa shape index (κ3) is 6.17. The fourth-order valence-electron chi connectivity index (χ4n) is 7.24. The molecular weight excluding hydrogens is 602 g/mol. The van der Waals surface area contributed by atoms with Crippen molar-refractivity contribution in [1.82, 2.24) is 9.80 Å². The maximum Gasteiger partial charge on any atom is 0.416 e. The van der Waals surface area contributed by atoms with Crippen LogP contribution < -0.4 is 9.64 Å². The number of rotatable bonds is 7. The first-order valence-electron chi connectivity index (χ1n) is 15.6. The van der Waals surface area contributed by atoms with Gasteiger partial charge in [-0.2, -0.15) is 13.2 Å². The number of nitrogens with zero attached hydrogens (tertiary/aromatic N) is 3. The normalized spacial score (nSPS) is 22.8. The van der Waals surface area contributed by atoms with Crippen LogP contribution in [0.5, 0.6) is 5.75 Å². The highest BCUT2D eigenvalue weighted by Gasteiger charge is 2.56. The Morgan fingerprint density at radius 2 is 1.57 bits per heavy atom. The Bertz CT molecular complexity index is 1570. The van der Waals surface area contributed by atoms with Gasteiger partial charge >= 0.3 is 12.1 Å². The number of likely N-dealkylation sites (tertiary alicyclic amines) is 1. The summed E-state index contributed by atoms with van der Waals surface area (Å²) < 4.78 is 63.6. The number of carboxylic acids is 1. The lowest BCUT2D eigenvalue weighted by atomic mass is 9.85. The van der Waals surface area contributed by atoms with Crippen LogP contribution in [-0.4, -0.2) is 84.9 Å². The van der Waals surface area contributed by atoms with E-state index in [0.717, 1.165) is 43.4 Å². The molecule has 0 aromatic heterocycles. The van der Waals surface area contributed by atoms with E-state index in [1.807, 2.05) is 17.0 Å². The van der Waals surface area contributed by atoms with Crippen LogP contribution in [0.3, 0.4) is 0 Å². The van der Waals surface area contributed by atoms with E-state index in [0.29, 0.717) is 42.2 Å². The van der Waals surface area contributed by atoms with Gasteiger partial charge in [0.25, 0.3) is 5.91 Å². The lowest BCUT2D eigenvalue weighted by Gasteiger charge is -2.40. The van der Waals surface area contributed by atoms with Crippen LogP contribution in [0.15, 0.2) is 66.7 Å². The summed E-state index contributed by atoms with van der Waals surface area (Å²) in [6.07, 6.45) is -0.388. The molecule has 2 atom stereocenters. The van der Waals surface area contributed by atoms with Crippen LogP contribution in [0.4, 0.5) is 23.2 Å². The number of carbonyl (C=O) groups is 2. The monoisotopic (exact) mass is 639 g/mol. The third-order valence-electron chi connectivity index (χ3n) is 9.79. The number of alkyl halides is 4. The first-order chi connectivity index (χ1) is 22.0. The van der Waals surface area contributed by atoms with Gasteiger partial charge in [0.2, 0.25) is 5.67 Å². The molecule has 1 N–H and O–H groups in total. The first-order valence-corrected chi connectivity index (χ1v) is 15.6. The Labute approximate surface area is 265 Å². The summed E-state index contributed by atoms with van der Waals surface area (Å²) in [5.41, 5.74) is -0.898. The smallest absolute Gasteiger partial charge is 0.416 e. The van der Waals surface area contributed by atoms with Gasteiger partial charge in [0.05, 0.1) is 18.2 Å². The maximum atomic E-state index is 17.3. The molecule has 3 aromatic carbocycles. The zero-order valence-corrected chi connectivity index (χ0v) is 25.6. The van der Waals surface area contributed by atoms with Crippen molar-refractivity contribution in [2.45, 2.75) is 49.5 Å². The zero-order chi connectivity index (χ0) is 32.6. The summed E-state index contributed by atoms with van der Waals surface area (Å²) in [6.45, 7) is 1.50. The predicted molar refractivity (Wildman–Crippen MR) is 166 cm³/mol. The van der Waals surface area contributed by atoms with Crippen molar-refractivity contribution in [3.05, 3.63) is 83.4 Å². The van der Waals surface area contributed by atoms with Gasteiger partial charge in [-0.05, 0) is 66.4 Å². The molecule has 244 valence electrons. The van der Waals surface area contributed by atoms with Crippen LogP contribution >= 0.6 is 0 Å². The molecule has 46 heavy (non-hydrogen) atoms. The van der Waals surface area contributed by atoms with Crippen molar-refractivity contribution in [2.75, 3.05) is 51.3 Å². The van der Waals surface area contributed by atoms with Crippen molar-refractivity contribution >= 4 is 17.6 Å². The van der Waals surface area contributed by atoms with Crippen molar-refractivity contribution in [2.24, 2.45) is 0 Å². The molecule has 0 bridgehead atoms. The molecule has 6 rings (SSSR count).